The Morgan fingerprint density at radius 1 is 1.08 bits per heavy atom. The van der Waals surface area contributed by atoms with Gasteiger partial charge < -0.3 is 4.90 Å². The molecule has 2 aromatic carbocycles. The third-order valence-electron chi connectivity index (χ3n) is 3.54. The molecule has 0 fully saturated rings. The second-order valence-electron chi connectivity index (χ2n) is 5.67. The third-order valence-corrected chi connectivity index (χ3v) is 4.07. The predicted octanol–water partition coefficient (Wildman–Crippen LogP) is 4.34. The Balaban J connectivity index is 2.23. The SMILES string of the molecule is CN(C)/C=N/c1c(C=O)c(-c2ccccc2)nn1-c1ccc(Br)cc1. The van der Waals surface area contributed by atoms with Crippen LogP contribution in [0.25, 0.3) is 16.9 Å². The van der Waals surface area contributed by atoms with Crippen LogP contribution in [0.3, 0.4) is 0 Å². The number of rotatable bonds is 5. The lowest BCUT2D eigenvalue weighted by molar-refractivity contribution is 0.112. The molecule has 0 aliphatic rings. The zero-order chi connectivity index (χ0) is 17.8. The standard InChI is InChI=1S/C19H17BrN4O/c1-23(2)13-21-19-17(12-25)18(14-6-4-3-5-7-14)22-24(19)16-10-8-15(20)9-11-16/h3-13H,1-2H3/b21-13+. The summed E-state index contributed by atoms with van der Waals surface area (Å²) < 4.78 is 2.67. The van der Waals surface area contributed by atoms with E-state index in [1.807, 2.05) is 73.6 Å². The topological polar surface area (TPSA) is 50.5 Å². The smallest absolute Gasteiger partial charge is 0.168 e. The van der Waals surface area contributed by atoms with Gasteiger partial charge in [-0.3, -0.25) is 4.79 Å². The molecule has 3 rings (SSSR count). The van der Waals surface area contributed by atoms with E-state index in [2.05, 4.69) is 26.0 Å². The van der Waals surface area contributed by atoms with Gasteiger partial charge in [0.05, 0.1) is 17.6 Å². The number of aldehydes is 1. The van der Waals surface area contributed by atoms with Crippen LogP contribution in [-0.2, 0) is 0 Å². The van der Waals surface area contributed by atoms with Gasteiger partial charge in [-0.2, -0.15) is 5.10 Å². The molecule has 25 heavy (non-hydrogen) atoms. The van der Waals surface area contributed by atoms with Gasteiger partial charge in [-0.1, -0.05) is 46.3 Å². The molecule has 0 aliphatic carbocycles. The van der Waals surface area contributed by atoms with Crippen molar-refractivity contribution < 1.29 is 4.79 Å². The maximum atomic E-state index is 11.8. The summed E-state index contributed by atoms with van der Waals surface area (Å²) in [6.45, 7) is 0. The maximum Gasteiger partial charge on any atom is 0.168 e. The largest absolute Gasteiger partial charge is 0.369 e. The second-order valence-corrected chi connectivity index (χ2v) is 6.58. The molecule has 6 heteroatoms. The Morgan fingerprint density at radius 2 is 1.76 bits per heavy atom. The molecular weight excluding hydrogens is 380 g/mol. The summed E-state index contributed by atoms with van der Waals surface area (Å²) in [5, 5.41) is 4.67. The fourth-order valence-electron chi connectivity index (χ4n) is 2.40. The minimum atomic E-state index is 0.465. The number of aliphatic imine (C=N–C) groups is 1. The lowest BCUT2D eigenvalue weighted by Gasteiger charge is -2.06. The van der Waals surface area contributed by atoms with E-state index >= 15 is 0 Å². The summed E-state index contributed by atoms with van der Waals surface area (Å²) in [6, 6.07) is 17.3. The van der Waals surface area contributed by atoms with Crippen molar-refractivity contribution in [1.82, 2.24) is 14.7 Å². The summed E-state index contributed by atoms with van der Waals surface area (Å²) in [7, 11) is 3.76. The van der Waals surface area contributed by atoms with Crippen molar-refractivity contribution in [3.8, 4) is 16.9 Å². The molecule has 5 nitrogen and oxygen atoms in total. The first-order chi connectivity index (χ1) is 12.1. The van der Waals surface area contributed by atoms with Crippen molar-refractivity contribution in [1.29, 1.82) is 0 Å². The monoisotopic (exact) mass is 396 g/mol. The van der Waals surface area contributed by atoms with Crippen LogP contribution in [0.1, 0.15) is 10.4 Å². The van der Waals surface area contributed by atoms with Gasteiger partial charge in [-0.05, 0) is 24.3 Å². The number of halogens is 1. The second kappa shape index (κ2) is 7.44. The number of carbonyl (C=O) groups excluding carboxylic acids is 1. The van der Waals surface area contributed by atoms with Gasteiger partial charge in [0.15, 0.2) is 12.1 Å². The Kier molecular flexibility index (Phi) is 5.09. The quantitative estimate of drug-likeness (QED) is 0.366. The number of nitrogens with zero attached hydrogens (tertiary/aromatic N) is 4. The highest BCUT2D eigenvalue weighted by molar-refractivity contribution is 9.10. The Morgan fingerprint density at radius 3 is 2.36 bits per heavy atom. The van der Waals surface area contributed by atoms with E-state index in [4.69, 9.17) is 0 Å². The van der Waals surface area contributed by atoms with Crippen LogP contribution in [0.5, 0.6) is 0 Å². The summed E-state index contributed by atoms with van der Waals surface area (Å²) in [6.07, 6.45) is 2.47. The molecule has 0 unspecified atom stereocenters. The molecule has 0 aliphatic heterocycles. The lowest BCUT2D eigenvalue weighted by Crippen LogP contribution is -2.07. The molecule has 1 heterocycles. The Bertz CT molecular complexity index is 899. The van der Waals surface area contributed by atoms with Gasteiger partial charge in [-0.25, -0.2) is 9.67 Å². The molecule has 0 saturated heterocycles. The van der Waals surface area contributed by atoms with Crippen LogP contribution >= 0.6 is 15.9 Å². The molecule has 3 aromatic rings. The zero-order valence-corrected chi connectivity index (χ0v) is 15.5. The van der Waals surface area contributed by atoms with Crippen molar-refractivity contribution in [3.63, 3.8) is 0 Å². The van der Waals surface area contributed by atoms with Crippen LogP contribution in [0.15, 0.2) is 64.1 Å². The van der Waals surface area contributed by atoms with E-state index in [9.17, 15) is 4.79 Å². The van der Waals surface area contributed by atoms with Gasteiger partial charge in [-0.15, -0.1) is 0 Å². The van der Waals surface area contributed by atoms with Crippen molar-refractivity contribution in [2.75, 3.05) is 14.1 Å². The minimum Gasteiger partial charge on any atom is -0.369 e. The highest BCUT2D eigenvalue weighted by atomic mass is 79.9. The normalized spacial score (nSPS) is 11.0. The van der Waals surface area contributed by atoms with Gasteiger partial charge >= 0.3 is 0 Å². The van der Waals surface area contributed by atoms with E-state index in [1.54, 1.807) is 11.0 Å². The van der Waals surface area contributed by atoms with Crippen molar-refractivity contribution >= 4 is 34.4 Å². The molecule has 0 saturated carbocycles. The zero-order valence-electron chi connectivity index (χ0n) is 13.9. The molecule has 0 N–H and O–H groups in total. The van der Waals surface area contributed by atoms with Crippen molar-refractivity contribution in [3.05, 3.63) is 64.6 Å². The molecule has 1 aromatic heterocycles. The fraction of sp³-hybridized carbons (Fsp3) is 0.105. The highest BCUT2D eigenvalue weighted by Gasteiger charge is 2.19. The molecular formula is C19H17BrN4O. The maximum absolute atomic E-state index is 11.8. The van der Waals surface area contributed by atoms with E-state index in [-0.39, 0.29) is 0 Å². The first kappa shape index (κ1) is 17.1. The molecule has 126 valence electrons. The first-order valence-electron chi connectivity index (χ1n) is 7.70. The summed E-state index contributed by atoms with van der Waals surface area (Å²) in [4.78, 5) is 18.1. The van der Waals surface area contributed by atoms with Crippen LogP contribution in [0.2, 0.25) is 0 Å². The van der Waals surface area contributed by atoms with Crippen LogP contribution < -0.4 is 0 Å². The fourth-order valence-corrected chi connectivity index (χ4v) is 2.66. The minimum absolute atomic E-state index is 0.465. The molecule has 0 atom stereocenters. The molecule has 0 amide bonds. The van der Waals surface area contributed by atoms with Crippen molar-refractivity contribution in [2.45, 2.75) is 0 Å². The number of aromatic nitrogens is 2. The van der Waals surface area contributed by atoms with E-state index in [0.29, 0.717) is 17.1 Å². The number of hydrogen-bond acceptors (Lipinski definition) is 3. The predicted molar refractivity (Wildman–Crippen MR) is 104 cm³/mol. The Hall–Kier alpha value is -2.73. The number of hydrogen-bond donors (Lipinski definition) is 0. The average Bonchev–Trinajstić information content (AvgIpc) is 3.00. The van der Waals surface area contributed by atoms with E-state index < -0.39 is 0 Å². The van der Waals surface area contributed by atoms with Crippen LogP contribution in [-0.4, -0.2) is 41.4 Å². The van der Waals surface area contributed by atoms with Gasteiger partial charge in [0.25, 0.3) is 0 Å². The lowest BCUT2D eigenvalue weighted by atomic mass is 10.1. The molecule has 0 spiro atoms. The van der Waals surface area contributed by atoms with E-state index in [1.165, 1.54) is 0 Å². The van der Waals surface area contributed by atoms with Crippen molar-refractivity contribution in [2.24, 2.45) is 4.99 Å². The van der Waals surface area contributed by atoms with Crippen LogP contribution in [0.4, 0.5) is 5.82 Å². The molecule has 0 radical (unpaired) electrons. The highest BCUT2D eigenvalue weighted by Crippen LogP contribution is 2.31. The number of carbonyl (C=O) groups is 1. The van der Waals surface area contributed by atoms with Gasteiger partial charge in [0.2, 0.25) is 0 Å². The van der Waals surface area contributed by atoms with Gasteiger partial charge in [0.1, 0.15) is 5.69 Å². The first-order valence-corrected chi connectivity index (χ1v) is 8.49. The Labute approximate surface area is 154 Å². The van der Waals surface area contributed by atoms with E-state index in [0.717, 1.165) is 22.0 Å². The summed E-state index contributed by atoms with van der Waals surface area (Å²) in [5.41, 5.74) is 2.79. The number of benzene rings is 2. The average molecular weight is 397 g/mol. The van der Waals surface area contributed by atoms with Crippen LogP contribution in [0, 0.1) is 0 Å². The summed E-state index contributed by atoms with van der Waals surface area (Å²) >= 11 is 3.43. The summed E-state index contributed by atoms with van der Waals surface area (Å²) in [5.74, 6) is 0.505. The third kappa shape index (κ3) is 3.69. The molecule has 0 bridgehead atoms. The van der Waals surface area contributed by atoms with Gasteiger partial charge in [0, 0.05) is 24.1 Å².